The Morgan fingerprint density at radius 2 is 1.69 bits per heavy atom. The van der Waals surface area contributed by atoms with E-state index in [9.17, 15) is 9.59 Å². The van der Waals surface area contributed by atoms with Crippen LogP contribution in [-0.4, -0.2) is 18.4 Å². The number of esters is 1. The summed E-state index contributed by atoms with van der Waals surface area (Å²) in [6.45, 7) is 2.07. The van der Waals surface area contributed by atoms with Crippen LogP contribution in [0.15, 0.2) is 78.4 Å². The van der Waals surface area contributed by atoms with Gasteiger partial charge in [-0.1, -0.05) is 72.8 Å². The summed E-state index contributed by atoms with van der Waals surface area (Å²) in [6.07, 6.45) is 5.89. The van der Waals surface area contributed by atoms with Gasteiger partial charge in [-0.2, -0.15) is 0 Å². The van der Waals surface area contributed by atoms with Crippen molar-refractivity contribution in [3.8, 4) is 0 Å². The highest BCUT2D eigenvalue weighted by Gasteiger charge is 2.38. The minimum absolute atomic E-state index is 0.0384. The molecule has 3 heteroatoms. The molecule has 0 bridgehead atoms. The van der Waals surface area contributed by atoms with Crippen LogP contribution in [-0.2, 0) is 14.3 Å². The van der Waals surface area contributed by atoms with Gasteiger partial charge in [0, 0.05) is 11.5 Å². The molecule has 0 spiro atoms. The molecule has 0 unspecified atom stereocenters. The van der Waals surface area contributed by atoms with E-state index >= 15 is 0 Å². The summed E-state index contributed by atoms with van der Waals surface area (Å²) in [4.78, 5) is 25.3. The first-order chi connectivity index (χ1) is 12.7. The van der Waals surface area contributed by atoms with Crippen molar-refractivity contribution < 1.29 is 14.3 Å². The number of benzene rings is 2. The minimum atomic E-state index is -0.503. The maximum Gasteiger partial charge on any atom is 0.334 e. The molecule has 1 aliphatic rings. The van der Waals surface area contributed by atoms with E-state index in [2.05, 4.69) is 0 Å². The Labute approximate surface area is 154 Å². The average Bonchev–Trinajstić information content (AvgIpc) is 3.13. The standard InChI is InChI=1S/C23H22O3/c1-2-26-23(25)20-15-14-19(18-11-7-4-8-12-18)22(20)21(24)16-13-17-9-5-3-6-10-17/h3-13,15-16,19,22H,2,14H2,1H3/b16-13-/t19-,22-/m0/s1. The Kier molecular flexibility index (Phi) is 5.80. The molecule has 132 valence electrons. The van der Waals surface area contributed by atoms with E-state index < -0.39 is 11.9 Å². The third kappa shape index (κ3) is 3.99. The van der Waals surface area contributed by atoms with Gasteiger partial charge in [-0.15, -0.1) is 0 Å². The summed E-state index contributed by atoms with van der Waals surface area (Å²) in [5.41, 5.74) is 2.50. The van der Waals surface area contributed by atoms with Crippen molar-refractivity contribution in [2.75, 3.05) is 6.61 Å². The molecule has 0 saturated carbocycles. The van der Waals surface area contributed by atoms with Gasteiger partial charge in [0.2, 0.25) is 0 Å². The number of hydrogen-bond donors (Lipinski definition) is 0. The second-order valence-corrected chi connectivity index (χ2v) is 6.26. The smallest absolute Gasteiger partial charge is 0.334 e. The predicted molar refractivity (Wildman–Crippen MR) is 102 cm³/mol. The van der Waals surface area contributed by atoms with Gasteiger partial charge in [-0.3, -0.25) is 4.79 Å². The molecule has 2 aromatic carbocycles. The molecule has 0 aliphatic heterocycles. The lowest BCUT2D eigenvalue weighted by atomic mass is 9.82. The van der Waals surface area contributed by atoms with E-state index in [-0.39, 0.29) is 11.7 Å². The van der Waals surface area contributed by atoms with Crippen LogP contribution < -0.4 is 0 Å². The van der Waals surface area contributed by atoms with E-state index in [0.717, 1.165) is 11.1 Å². The summed E-state index contributed by atoms with van der Waals surface area (Å²) in [5, 5.41) is 0. The number of ketones is 1. The fraction of sp³-hybridized carbons (Fsp3) is 0.217. The van der Waals surface area contributed by atoms with E-state index in [1.165, 1.54) is 0 Å². The molecule has 3 nitrogen and oxygen atoms in total. The first kappa shape index (κ1) is 17.9. The first-order valence-corrected chi connectivity index (χ1v) is 8.89. The molecule has 0 aromatic heterocycles. The number of hydrogen-bond acceptors (Lipinski definition) is 3. The predicted octanol–water partition coefficient (Wildman–Crippen LogP) is 4.56. The third-order valence-corrected chi connectivity index (χ3v) is 4.61. The lowest BCUT2D eigenvalue weighted by molar-refractivity contribution is -0.140. The van der Waals surface area contributed by atoms with E-state index in [1.807, 2.05) is 66.7 Å². The Balaban J connectivity index is 1.88. The van der Waals surface area contributed by atoms with Crippen molar-refractivity contribution in [1.29, 1.82) is 0 Å². The summed E-state index contributed by atoms with van der Waals surface area (Å²) < 4.78 is 5.17. The SMILES string of the molecule is CCOC(=O)C1=CC[C@@H](c2ccccc2)[C@@H]1C(=O)/C=C\c1ccccc1. The monoisotopic (exact) mass is 346 g/mol. The molecule has 0 heterocycles. The molecule has 26 heavy (non-hydrogen) atoms. The van der Waals surface area contributed by atoms with Gasteiger partial charge in [-0.05, 0) is 30.5 Å². The van der Waals surface area contributed by atoms with Crippen LogP contribution >= 0.6 is 0 Å². The molecule has 0 fully saturated rings. The Morgan fingerprint density at radius 1 is 1.04 bits per heavy atom. The van der Waals surface area contributed by atoms with Gasteiger partial charge in [0.15, 0.2) is 5.78 Å². The van der Waals surface area contributed by atoms with Crippen LogP contribution in [0.5, 0.6) is 0 Å². The summed E-state index contributed by atoms with van der Waals surface area (Å²) in [7, 11) is 0. The largest absolute Gasteiger partial charge is 0.463 e. The Morgan fingerprint density at radius 3 is 2.35 bits per heavy atom. The van der Waals surface area contributed by atoms with Crippen LogP contribution in [0.25, 0.3) is 6.08 Å². The molecule has 1 aliphatic carbocycles. The Hall–Kier alpha value is -2.94. The topological polar surface area (TPSA) is 43.4 Å². The van der Waals surface area contributed by atoms with Gasteiger partial charge >= 0.3 is 5.97 Å². The maximum absolute atomic E-state index is 13.0. The second kappa shape index (κ2) is 8.43. The lowest BCUT2D eigenvalue weighted by Gasteiger charge is -2.20. The zero-order chi connectivity index (χ0) is 18.4. The molecule has 0 radical (unpaired) electrons. The van der Waals surface area contributed by atoms with Gasteiger partial charge < -0.3 is 4.74 Å². The van der Waals surface area contributed by atoms with Crippen molar-refractivity contribution in [2.24, 2.45) is 5.92 Å². The second-order valence-electron chi connectivity index (χ2n) is 6.26. The van der Waals surface area contributed by atoms with Crippen molar-refractivity contribution in [2.45, 2.75) is 19.3 Å². The minimum Gasteiger partial charge on any atom is -0.463 e. The normalized spacial score (nSPS) is 19.3. The summed E-state index contributed by atoms with van der Waals surface area (Å²) >= 11 is 0. The highest BCUT2D eigenvalue weighted by Crippen LogP contribution is 2.41. The van der Waals surface area contributed by atoms with Crippen molar-refractivity contribution >= 4 is 17.8 Å². The van der Waals surface area contributed by atoms with E-state index in [4.69, 9.17) is 4.74 Å². The lowest BCUT2D eigenvalue weighted by Crippen LogP contribution is -2.24. The highest BCUT2D eigenvalue weighted by atomic mass is 16.5. The van der Waals surface area contributed by atoms with Gasteiger partial charge in [0.25, 0.3) is 0 Å². The van der Waals surface area contributed by atoms with Crippen molar-refractivity contribution in [3.05, 3.63) is 89.5 Å². The molecule has 2 aromatic rings. The first-order valence-electron chi connectivity index (χ1n) is 8.89. The fourth-order valence-electron chi connectivity index (χ4n) is 3.38. The van der Waals surface area contributed by atoms with Gasteiger partial charge in [0.1, 0.15) is 0 Å². The number of carbonyl (C=O) groups is 2. The molecular formula is C23H22O3. The highest BCUT2D eigenvalue weighted by molar-refractivity contribution is 6.05. The van der Waals surface area contributed by atoms with E-state index in [1.54, 1.807) is 19.1 Å². The van der Waals surface area contributed by atoms with Gasteiger partial charge in [0.05, 0.1) is 12.5 Å². The van der Waals surface area contributed by atoms with Crippen LogP contribution in [0.4, 0.5) is 0 Å². The molecule has 2 atom stereocenters. The number of carbonyl (C=O) groups excluding carboxylic acids is 2. The molecule has 0 N–H and O–H groups in total. The number of rotatable bonds is 6. The zero-order valence-corrected chi connectivity index (χ0v) is 14.8. The zero-order valence-electron chi connectivity index (χ0n) is 14.8. The quantitative estimate of drug-likeness (QED) is 0.569. The molecular weight excluding hydrogens is 324 g/mol. The summed E-state index contributed by atoms with van der Waals surface area (Å²) in [6, 6.07) is 19.5. The third-order valence-electron chi connectivity index (χ3n) is 4.61. The summed E-state index contributed by atoms with van der Waals surface area (Å²) in [5.74, 6) is -1.00. The molecule has 0 amide bonds. The molecule has 3 rings (SSSR count). The number of allylic oxidation sites excluding steroid dienone is 2. The van der Waals surface area contributed by atoms with E-state index in [0.29, 0.717) is 18.6 Å². The molecule has 0 saturated heterocycles. The van der Waals surface area contributed by atoms with Crippen LogP contribution in [0.1, 0.15) is 30.4 Å². The Bertz CT molecular complexity index is 819. The van der Waals surface area contributed by atoms with Crippen LogP contribution in [0.3, 0.4) is 0 Å². The fourth-order valence-corrected chi connectivity index (χ4v) is 3.38. The van der Waals surface area contributed by atoms with Crippen LogP contribution in [0.2, 0.25) is 0 Å². The van der Waals surface area contributed by atoms with Crippen molar-refractivity contribution in [3.63, 3.8) is 0 Å². The maximum atomic E-state index is 13.0. The van der Waals surface area contributed by atoms with Crippen LogP contribution in [0, 0.1) is 5.92 Å². The van der Waals surface area contributed by atoms with Crippen molar-refractivity contribution in [1.82, 2.24) is 0 Å². The number of ether oxygens (including phenoxy) is 1. The average molecular weight is 346 g/mol. The van der Waals surface area contributed by atoms with Gasteiger partial charge in [-0.25, -0.2) is 4.79 Å².